The molecule has 0 spiro atoms. The maximum absolute atomic E-state index is 12.6. The second-order valence-corrected chi connectivity index (χ2v) is 8.81. The highest BCUT2D eigenvalue weighted by Crippen LogP contribution is 2.22. The highest BCUT2D eigenvalue weighted by molar-refractivity contribution is 7.92. The van der Waals surface area contributed by atoms with E-state index < -0.39 is 10.0 Å². The molecule has 1 amide bonds. The van der Waals surface area contributed by atoms with Crippen molar-refractivity contribution in [3.05, 3.63) is 102 Å². The van der Waals surface area contributed by atoms with E-state index >= 15 is 0 Å². The summed E-state index contributed by atoms with van der Waals surface area (Å²) in [5.74, 6) is -0.207. The predicted molar refractivity (Wildman–Crippen MR) is 116 cm³/mol. The summed E-state index contributed by atoms with van der Waals surface area (Å²) in [5.41, 5.74) is 2.90. The number of nitrogens with one attached hydrogen (secondary N) is 1. The number of anilines is 1. The molecule has 1 N–H and O–H groups in total. The largest absolute Gasteiger partial charge is 0.346 e. The van der Waals surface area contributed by atoms with Crippen LogP contribution in [0, 0.1) is 0 Å². The molecule has 0 fully saturated rings. The van der Waals surface area contributed by atoms with Gasteiger partial charge in [-0.05, 0) is 42.3 Å². The first kappa shape index (κ1) is 20.6. The van der Waals surface area contributed by atoms with E-state index in [2.05, 4.69) is 5.32 Å². The zero-order chi connectivity index (χ0) is 20.9. The van der Waals surface area contributed by atoms with Gasteiger partial charge in [0.05, 0.1) is 24.5 Å². The molecule has 0 aliphatic carbocycles. The lowest BCUT2D eigenvalue weighted by Gasteiger charge is -2.23. The molecule has 0 unspecified atom stereocenters. The molecule has 0 heterocycles. The first-order chi connectivity index (χ1) is 13.8. The maximum atomic E-state index is 12.6. The Morgan fingerprint density at radius 2 is 1.45 bits per heavy atom. The van der Waals surface area contributed by atoms with Crippen LogP contribution in [0.1, 0.15) is 34.5 Å². The Hall–Kier alpha value is -3.12. The van der Waals surface area contributed by atoms with Crippen LogP contribution in [0.3, 0.4) is 0 Å². The van der Waals surface area contributed by atoms with Crippen LogP contribution in [0.15, 0.2) is 84.9 Å². The fourth-order valence-corrected chi connectivity index (χ4v) is 3.92. The van der Waals surface area contributed by atoms with Crippen molar-refractivity contribution in [2.45, 2.75) is 19.5 Å². The standard InChI is InChI=1S/C23H24N2O3S/c1-18(20-11-7-4-8-12-20)24-23(26)21-13-15-22(16-14-21)25(29(2,27)28)17-19-9-5-3-6-10-19/h3-16,18H,17H2,1-2H3,(H,24,26)/t18-/m1/s1. The average molecular weight is 409 g/mol. The molecule has 0 aromatic heterocycles. The molecule has 0 radical (unpaired) electrons. The molecular formula is C23H24N2O3S. The summed E-state index contributed by atoms with van der Waals surface area (Å²) in [6.07, 6.45) is 1.18. The van der Waals surface area contributed by atoms with E-state index in [9.17, 15) is 13.2 Å². The SMILES string of the molecule is C[C@@H](NC(=O)c1ccc(N(Cc2ccccc2)S(C)(=O)=O)cc1)c1ccccc1. The van der Waals surface area contributed by atoms with Crippen LogP contribution in [0.25, 0.3) is 0 Å². The number of benzene rings is 3. The van der Waals surface area contributed by atoms with Gasteiger partial charge in [0, 0.05) is 5.56 Å². The third-order valence-corrected chi connectivity index (χ3v) is 5.77. The molecule has 3 aromatic rings. The number of hydrogen-bond acceptors (Lipinski definition) is 3. The first-order valence-electron chi connectivity index (χ1n) is 9.32. The molecule has 6 heteroatoms. The number of nitrogens with zero attached hydrogens (tertiary/aromatic N) is 1. The zero-order valence-electron chi connectivity index (χ0n) is 16.4. The lowest BCUT2D eigenvalue weighted by molar-refractivity contribution is 0.0940. The Labute approximate surface area is 172 Å². The van der Waals surface area contributed by atoms with Gasteiger partial charge in [0.15, 0.2) is 0 Å². The van der Waals surface area contributed by atoms with E-state index in [1.165, 1.54) is 10.6 Å². The molecule has 150 valence electrons. The average Bonchev–Trinajstić information content (AvgIpc) is 2.72. The molecule has 0 bridgehead atoms. The molecule has 3 rings (SSSR count). The van der Waals surface area contributed by atoms with Gasteiger partial charge >= 0.3 is 0 Å². The lowest BCUT2D eigenvalue weighted by atomic mass is 10.1. The molecular weight excluding hydrogens is 384 g/mol. The second-order valence-electron chi connectivity index (χ2n) is 6.91. The van der Waals surface area contributed by atoms with Crippen molar-refractivity contribution >= 4 is 21.6 Å². The number of carbonyl (C=O) groups excluding carboxylic acids is 1. The van der Waals surface area contributed by atoms with Crippen LogP contribution in [0.4, 0.5) is 5.69 Å². The predicted octanol–water partition coefficient (Wildman–Crippen LogP) is 4.14. The van der Waals surface area contributed by atoms with E-state index in [1.807, 2.05) is 67.6 Å². The van der Waals surface area contributed by atoms with E-state index in [0.29, 0.717) is 11.3 Å². The minimum absolute atomic E-state index is 0.131. The summed E-state index contributed by atoms with van der Waals surface area (Å²) >= 11 is 0. The molecule has 29 heavy (non-hydrogen) atoms. The first-order valence-corrected chi connectivity index (χ1v) is 11.2. The topological polar surface area (TPSA) is 66.5 Å². The van der Waals surface area contributed by atoms with Gasteiger partial charge in [0.25, 0.3) is 5.91 Å². The van der Waals surface area contributed by atoms with Gasteiger partial charge in [-0.2, -0.15) is 0 Å². The van der Waals surface area contributed by atoms with Gasteiger partial charge in [0.1, 0.15) is 0 Å². The third kappa shape index (κ3) is 5.45. The van der Waals surface area contributed by atoms with E-state index in [4.69, 9.17) is 0 Å². The van der Waals surface area contributed by atoms with E-state index in [-0.39, 0.29) is 18.5 Å². The molecule has 1 atom stereocenters. The van der Waals surface area contributed by atoms with Crippen molar-refractivity contribution in [3.63, 3.8) is 0 Å². The van der Waals surface area contributed by atoms with Crippen LogP contribution in [-0.4, -0.2) is 20.6 Å². The van der Waals surface area contributed by atoms with Crippen LogP contribution in [0.2, 0.25) is 0 Å². The summed E-state index contributed by atoms with van der Waals surface area (Å²) in [6, 6.07) is 25.6. The molecule has 0 aliphatic heterocycles. The van der Waals surface area contributed by atoms with E-state index in [1.54, 1.807) is 24.3 Å². The summed E-state index contributed by atoms with van der Waals surface area (Å²) in [7, 11) is -3.47. The number of carbonyl (C=O) groups is 1. The summed E-state index contributed by atoms with van der Waals surface area (Å²) in [5, 5.41) is 2.96. The van der Waals surface area contributed by atoms with Crippen LogP contribution < -0.4 is 9.62 Å². The number of amides is 1. The second kappa shape index (κ2) is 8.92. The Kier molecular flexibility index (Phi) is 6.34. The van der Waals surface area contributed by atoms with Gasteiger partial charge in [-0.1, -0.05) is 60.7 Å². The Morgan fingerprint density at radius 3 is 2.00 bits per heavy atom. The van der Waals surface area contributed by atoms with Crippen molar-refractivity contribution in [2.24, 2.45) is 0 Å². The van der Waals surface area contributed by atoms with Crippen LogP contribution >= 0.6 is 0 Å². The van der Waals surface area contributed by atoms with Crippen molar-refractivity contribution in [2.75, 3.05) is 10.6 Å². The Balaban J connectivity index is 1.76. The quantitative estimate of drug-likeness (QED) is 0.639. The minimum Gasteiger partial charge on any atom is -0.346 e. The molecule has 5 nitrogen and oxygen atoms in total. The zero-order valence-corrected chi connectivity index (χ0v) is 17.3. The third-order valence-electron chi connectivity index (χ3n) is 4.63. The van der Waals surface area contributed by atoms with Gasteiger partial charge in [-0.25, -0.2) is 8.42 Å². The summed E-state index contributed by atoms with van der Waals surface area (Å²) < 4.78 is 25.9. The normalized spacial score (nSPS) is 12.2. The van der Waals surface area contributed by atoms with Gasteiger partial charge < -0.3 is 5.32 Å². The monoisotopic (exact) mass is 408 g/mol. The molecule has 3 aromatic carbocycles. The maximum Gasteiger partial charge on any atom is 0.251 e. The molecule has 0 saturated carbocycles. The van der Waals surface area contributed by atoms with E-state index in [0.717, 1.165) is 11.1 Å². The highest BCUT2D eigenvalue weighted by atomic mass is 32.2. The van der Waals surface area contributed by atoms with Gasteiger partial charge in [-0.3, -0.25) is 9.10 Å². The smallest absolute Gasteiger partial charge is 0.251 e. The minimum atomic E-state index is -3.47. The number of rotatable bonds is 7. The van der Waals surface area contributed by atoms with Gasteiger partial charge in [-0.15, -0.1) is 0 Å². The van der Waals surface area contributed by atoms with Crippen molar-refractivity contribution < 1.29 is 13.2 Å². The Morgan fingerprint density at radius 1 is 0.897 bits per heavy atom. The van der Waals surface area contributed by atoms with Crippen LogP contribution in [-0.2, 0) is 16.6 Å². The van der Waals surface area contributed by atoms with Crippen molar-refractivity contribution in [3.8, 4) is 0 Å². The summed E-state index contributed by atoms with van der Waals surface area (Å²) in [4.78, 5) is 12.6. The molecule has 0 aliphatic rings. The Bertz CT molecular complexity index is 1050. The summed E-state index contributed by atoms with van der Waals surface area (Å²) in [6.45, 7) is 2.16. The van der Waals surface area contributed by atoms with Crippen LogP contribution in [0.5, 0.6) is 0 Å². The number of hydrogen-bond donors (Lipinski definition) is 1. The number of sulfonamides is 1. The molecule has 0 saturated heterocycles. The fraction of sp³-hybridized carbons (Fsp3) is 0.174. The highest BCUT2D eigenvalue weighted by Gasteiger charge is 2.19. The lowest BCUT2D eigenvalue weighted by Crippen LogP contribution is -2.29. The van der Waals surface area contributed by atoms with Gasteiger partial charge in [0.2, 0.25) is 10.0 Å². The van der Waals surface area contributed by atoms with Crippen molar-refractivity contribution in [1.82, 2.24) is 5.32 Å². The van der Waals surface area contributed by atoms with Crippen molar-refractivity contribution in [1.29, 1.82) is 0 Å². The fourth-order valence-electron chi connectivity index (χ4n) is 3.03.